The molecule has 1 N–H and O–H groups in total. The van der Waals surface area contributed by atoms with Gasteiger partial charge in [-0.1, -0.05) is 12.2 Å². The van der Waals surface area contributed by atoms with E-state index in [-0.39, 0.29) is 0 Å². The second-order valence-electron chi connectivity index (χ2n) is 2.62. The predicted molar refractivity (Wildman–Crippen MR) is 38.3 cm³/mol. The van der Waals surface area contributed by atoms with Gasteiger partial charge in [-0.2, -0.15) is 0 Å². The molecule has 1 fully saturated rings. The van der Waals surface area contributed by atoms with E-state index in [1.165, 1.54) is 19.4 Å². The van der Waals surface area contributed by atoms with E-state index in [2.05, 4.69) is 17.5 Å². The molecule has 48 valence electrons. The Labute approximate surface area is 55.5 Å². The Morgan fingerprint density at radius 3 is 3.00 bits per heavy atom. The van der Waals surface area contributed by atoms with Crippen LogP contribution in [0.1, 0.15) is 12.8 Å². The van der Waals surface area contributed by atoms with Crippen LogP contribution in [0.25, 0.3) is 0 Å². The van der Waals surface area contributed by atoms with Gasteiger partial charge in [0.1, 0.15) is 0 Å². The first-order chi connectivity index (χ1) is 4.47. The maximum atomic E-state index is 3.35. The maximum absolute atomic E-state index is 3.35. The predicted octanol–water partition coefficient (Wildman–Crippen LogP) is 1.24. The molecule has 1 aliphatic carbocycles. The van der Waals surface area contributed by atoms with Crippen LogP contribution in [0.3, 0.4) is 0 Å². The number of allylic oxidation sites excluding steroid dienone is 2. The van der Waals surface area contributed by atoms with Gasteiger partial charge in [-0.3, -0.25) is 0 Å². The Morgan fingerprint density at radius 1 is 1.22 bits per heavy atom. The molecule has 9 heavy (non-hydrogen) atoms. The van der Waals surface area contributed by atoms with Crippen molar-refractivity contribution in [3.05, 3.63) is 23.3 Å². The number of fused-ring (bicyclic) bond motifs is 1. The van der Waals surface area contributed by atoms with Crippen LogP contribution in [0.2, 0.25) is 0 Å². The zero-order chi connectivity index (χ0) is 6.10. The Bertz CT molecular complexity index is 157. The molecule has 0 aromatic rings. The van der Waals surface area contributed by atoms with Crippen molar-refractivity contribution >= 4 is 0 Å². The third kappa shape index (κ3) is 0.815. The van der Waals surface area contributed by atoms with E-state index in [9.17, 15) is 0 Å². The topological polar surface area (TPSA) is 12.0 Å². The molecular weight excluding hydrogens is 110 g/mol. The zero-order valence-electron chi connectivity index (χ0n) is 5.48. The van der Waals surface area contributed by atoms with Gasteiger partial charge in [0.2, 0.25) is 0 Å². The standard InChI is InChI=1S/C8H11N/c1-2-7-4-5-9-6-8(7)3-1/h2-3,9H,1,4-6H2. The summed E-state index contributed by atoms with van der Waals surface area (Å²) in [6, 6.07) is 0. The van der Waals surface area contributed by atoms with Gasteiger partial charge in [0.25, 0.3) is 0 Å². The fourth-order valence-electron chi connectivity index (χ4n) is 1.50. The van der Waals surface area contributed by atoms with Crippen LogP contribution < -0.4 is 5.32 Å². The van der Waals surface area contributed by atoms with Crippen molar-refractivity contribution in [1.82, 2.24) is 5.32 Å². The Hall–Kier alpha value is -0.560. The van der Waals surface area contributed by atoms with Crippen molar-refractivity contribution in [2.45, 2.75) is 12.8 Å². The quantitative estimate of drug-likeness (QED) is 0.508. The fraction of sp³-hybridized carbons (Fsp3) is 0.500. The summed E-state index contributed by atoms with van der Waals surface area (Å²) in [5, 5.41) is 3.35. The van der Waals surface area contributed by atoms with Crippen molar-refractivity contribution in [3.8, 4) is 0 Å². The van der Waals surface area contributed by atoms with Crippen LogP contribution in [-0.4, -0.2) is 13.1 Å². The minimum absolute atomic E-state index is 1.10. The van der Waals surface area contributed by atoms with Crippen molar-refractivity contribution in [1.29, 1.82) is 0 Å². The summed E-state index contributed by atoms with van der Waals surface area (Å²) in [7, 11) is 0. The lowest BCUT2D eigenvalue weighted by Gasteiger charge is -2.15. The fourth-order valence-corrected chi connectivity index (χ4v) is 1.50. The molecule has 2 aliphatic rings. The molecular formula is C8H11N. The molecule has 1 heterocycles. The molecule has 0 aromatic heterocycles. The summed E-state index contributed by atoms with van der Waals surface area (Å²) in [5.74, 6) is 0. The SMILES string of the molecule is C1=C2CCNCC2=CC1. The van der Waals surface area contributed by atoms with Crippen molar-refractivity contribution < 1.29 is 0 Å². The maximum Gasteiger partial charge on any atom is 0.0205 e. The second kappa shape index (κ2) is 1.99. The average Bonchev–Trinajstić information content (AvgIpc) is 2.33. The molecule has 0 radical (unpaired) electrons. The van der Waals surface area contributed by atoms with Gasteiger partial charge in [-0.25, -0.2) is 0 Å². The lowest BCUT2D eigenvalue weighted by molar-refractivity contribution is 0.686. The number of rotatable bonds is 0. The van der Waals surface area contributed by atoms with Crippen LogP contribution >= 0.6 is 0 Å². The summed E-state index contributed by atoms with van der Waals surface area (Å²) < 4.78 is 0. The van der Waals surface area contributed by atoms with Crippen LogP contribution in [0.15, 0.2) is 23.3 Å². The molecule has 0 unspecified atom stereocenters. The molecule has 1 heteroatoms. The molecule has 2 rings (SSSR count). The van der Waals surface area contributed by atoms with E-state index in [0.29, 0.717) is 0 Å². The molecule has 0 saturated carbocycles. The second-order valence-corrected chi connectivity index (χ2v) is 2.62. The third-order valence-electron chi connectivity index (χ3n) is 2.03. The molecule has 1 saturated heterocycles. The number of piperidine rings is 1. The smallest absolute Gasteiger partial charge is 0.0205 e. The van der Waals surface area contributed by atoms with Gasteiger partial charge in [0.15, 0.2) is 0 Å². The minimum Gasteiger partial charge on any atom is -0.312 e. The minimum atomic E-state index is 1.10. The Kier molecular flexibility index (Phi) is 1.16. The van der Waals surface area contributed by atoms with Gasteiger partial charge in [0, 0.05) is 6.54 Å². The van der Waals surface area contributed by atoms with E-state index in [0.717, 1.165) is 6.54 Å². The first-order valence-corrected chi connectivity index (χ1v) is 3.56. The lowest BCUT2D eigenvalue weighted by Crippen LogP contribution is -2.24. The molecule has 0 bridgehead atoms. The highest BCUT2D eigenvalue weighted by Gasteiger charge is 2.12. The van der Waals surface area contributed by atoms with Gasteiger partial charge < -0.3 is 5.32 Å². The first kappa shape index (κ1) is 5.24. The highest BCUT2D eigenvalue weighted by Crippen LogP contribution is 2.23. The van der Waals surface area contributed by atoms with Gasteiger partial charge in [-0.05, 0) is 30.5 Å². The van der Waals surface area contributed by atoms with E-state index in [1.54, 1.807) is 11.1 Å². The summed E-state index contributed by atoms with van der Waals surface area (Å²) >= 11 is 0. The van der Waals surface area contributed by atoms with E-state index >= 15 is 0 Å². The van der Waals surface area contributed by atoms with E-state index in [1.807, 2.05) is 0 Å². The molecule has 0 aromatic carbocycles. The lowest BCUT2D eigenvalue weighted by atomic mass is 10.0. The van der Waals surface area contributed by atoms with Crippen molar-refractivity contribution in [2.75, 3.05) is 13.1 Å². The number of hydrogen-bond donors (Lipinski definition) is 1. The Balaban J connectivity index is 2.22. The third-order valence-corrected chi connectivity index (χ3v) is 2.03. The first-order valence-electron chi connectivity index (χ1n) is 3.56. The summed E-state index contributed by atoms with van der Waals surface area (Å²) in [5.41, 5.74) is 3.13. The number of hydrogen-bond acceptors (Lipinski definition) is 1. The van der Waals surface area contributed by atoms with Gasteiger partial charge in [0.05, 0.1) is 0 Å². The van der Waals surface area contributed by atoms with Gasteiger partial charge in [-0.15, -0.1) is 0 Å². The monoisotopic (exact) mass is 121 g/mol. The van der Waals surface area contributed by atoms with Gasteiger partial charge >= 0.3 is 0 Å². The highest BCUT2D eigenvalue weighted by molar-refractivity contribution is 5.39. The molecule has 0 amide bonds. The zero-order valence-corrected chi connectivity index (χ0v) is 5.48. The molecule has 1 aliphatic heterocycles. The molecule has 1 nitrogen and oxygen atoms in total. The highest BCUT2D eigenvalue weighted by atomic mass is 14.9. The average molecular weight is 121 g/mol. The normalized spacial score (nSPS) is 24.9. The van der Waals surface area contributed by atoms with Crippen LogP contribution in [0.4, 0.5) is 0 Å². The summed E-state index contributed by atoms with van der Waals surface area (Å²) in [6.07, 6.45) is 7.08. The molecule has 0 spiro atoms. The summed E-state index contributed by atoms with van der Waals surface area (Å²) in [4.78, 5) is 0. The van der Waals surface area contributed by atoms with Crippen molar-refractivity contribution in [2.24, 2.45) is 0 Å². The molecule has 0 atom stereocenters. The van der Waals surface area contributed by atoms with Crippen molar-refractivity contribution in [3.63, 3.8) is 0 Å². The summed E-state index contributed by atoms with van der Waals surface area (Å²) in [6.45, 7) is 2.27. The largest absolute Gasteiger partial charge is 0.312 e. The van der Waals surface area contributed by atoms with E-state index in [4.69, 9.17) is 0 Å². The number of nitrogens with one attached hydrogen (secondary N) is 1. The van der Waals surface area contributed by atoms with Crippen LogP contribution in [-0.2, 0) is 0 Å². The Morgan fingerprint density at radius 2 is 2.11 bits per heavy atom. The van der Waals surface area contributed by atoms with Crippen LogP contribution in [0, 0.1) is 0 Å². The van der Waals surface area contributed by atoms with Crippen LogP contribution in [0.5, 0.6) is 0 Å². The van der Waals surface area contributed by atoms with E-state index < -0.39 is 0 Å².